The summed E-state index contributed by atoms with van der Waals surface area (Å²) >= 11 is 5.89. The molecule has 0 aliphatic carbocycles. The summed E-state index contributed by atoms with van der Waals surface area (Å²) in [5.74, 6) is -0.296. The van der Waals surface area contributed by atoms with Crippen molar-refractivity contribution >= 4 is 23.2 Å². The number of benzene rings is 2. The molecule has 0 aliphatic rings. The molecule has 0 fully saturated rings. The van der Waals surface area contributed by atoms with E-state index in [1.54, 1.807) is 18.2 Å². The van der Waals surface area contributed by atoms with Crippen LogP contribution in [0.15, 0.2) is 42.5 Å². The first-order valence-electron chi connectivity index (χ1n) is 8.03. The van der Waals surface area contributed by atoms with Gasteiger partial charge in [-0.1, -0.05) is 30.7 Å². The number of amides is 1. The number of nitrogens with one attached hydrogen (secondary N) is 1. The summed E-state index contributed by atoms with van der Waals surface area (Å²) in [6.45, 7) is 8.31. The second kappa shape index (κ2) is 8.18. The summed E-state index contributed by atoms with van der Waals surface area (Å²) < 4.78 is 0. The number of anilines is 1. The number of hydrogen-bond donors (Lipinski definition) is 2. The molecule has 128 valence electrons. The molecule has 0 aromatic heterocycles. The Bertz CT molecular complexity index is 699. The molecule has 24 heavy (non-hydrogen) atoms. The van der Waals surface area contributed by atoms with E-state index in [2.05, 4.69) is 31.0 Å². The number of carbonyl (C=O) groups excluding carboxylic acids is 1. The maximum absolute atomic E-state index is 12.3. The largest absolute Gasteiger partial charge is 0.506 e. The van der Waals surface area contributed by atoms with E-state index >= 15 is 0 Å². The predicted molar refractivity (Wildman–Crippen MR) is 98.7 cm³/mol. The highest BCUT2D eigenvalue weighted by Crippen LogP contribution is 2.27. The molecule has 0 saturated carbocycles. The van der Waals surface area contributed by atoms with Crippen LogP contribution in [0, 0.1) is 0 Å². The molecule has 2 aromatic carbocycles. The molecule has 2 aromatic rings. The highest BCUT2D eigenvalue weighted by Gasteiger charge is 2.11. The van der Waals surface area contributed by atoms with E-state index in [-0.39, 0.29) is 11.7 Å². The Labute approximate surface area is 148 Å². The number of carbonyl (C=O) groups is 1. The summed E-state index contributed by atoms with van der Waals surface area (Å²) in [6, 6.07) is 12.5. The average molecular weight is 347 g/mol. The van der Waals surface area contributed by atoms with Crippen LogP contribution in [-0.4, -0.2) is 28.5 Å². The van der Waals surface area contributed by atoms with Gasteiger partial charge in [0.25, 0.3) is 5.91 Å². The van der Waals surface area contributed by atoms with Crippen molar-refractivity contribution in [1.82, 2.24) is 4.90 Å². The second-order valence-corrected chi connectivity index (χ2v) is 6.41. The second-order valence-electron chi connectivity index (χ2n) is 5.97. The lowest BCUT2D eigenvalue weighted by Crippen LogP contribution is -2.29. The van der Waals surface area contributed by atoms with Gasteiger partial charge >= 0.3 is 0 Å². The van der Waals surface area contributed by atoms with Gasteiger partial charge < -0.3 is 10.4 Å². The van der Waals surface area contributed by atoms with Gasteiger partial charge in [-0.05, 0) is 56.3 Å². The summed E-state index contributed by atoms with van der Waals surface area (Å²) in [5, 5.41) is 12.9. The first-order chi connectivity index (χ1) is 11.4. The van der Waals surface area contributed by atoms with Crippen LogP contribution in [0.25, 0.3) is 0 Å². The van der Waals surface area contributed by atoms with Gasteiger partial charge in [0.15, 0.2) is 0 Å². The number of halogens is 1. The fraction of sp³-hybridized carbons (Fsp3) is 0.316. The Hall–Kier alpha value is -2.04. The van der Waals surface area contributed by atoms with Crippen molar-refractivity contribution in [2.75, 3.05) is 11.9 Å². The minimum atomic E-state index is -0.282. The Balaban J connectivity index is 2.07. The number of rotatable bonds is 6. The Morgan fingerprint density at radius 3 is 2.46 bits per heavy atom. The van der Waals surface area contributed by atoms with Crippen LogP contribution in [0.3, 0.4) is 0 Å². The zero-order chi connectivity index (χ0) is 17.7. The first kappa shape index (κ1) is 18.3. The van der Waals surface area contributed by atoms with Crippen LogP contribution < -0.4 is 5.32 Å². The zero-order valence-corrected chi connectivity index (χ0v) is 15.0. The minimum absolute atomic E-state index is 0.0140. The van der Waals surface area contributed by atoms with Gasteiger partial charge in [0.05, 0.1) is 5.69 Å². The fourth-order valence-electron chi connectivity index (χ4n) is 2.46. The maximum Gasteiger partial charge on any atom is 0.255 e. The van der Waals surface area contributed by atoms with Gasteiger partial charge in [-0.25, -0.2) is 0 Å². The van der Waals surface area contributed by atoms with E-state index < -0.39 is 0 Å². The highest BCUT2D eigenvalue weighted by molar-refractivity contribution is 6.31. The normalized spacial score (nSPS) is 11.1. The molecule has 0 bridgehead atoms. The van der Waals surface area contributed by atoms with Crippen molar-refractivity contribution < 1.29 is 9.90 Å². The van der Waals surface area contributed by atoms with Crippen molar-refractivity contribution in [3.8, 4) is 5.75 Å². The Kier molecular flexibility index (Phi) is 6.23. The van der Waals surface area contributed by atoms with Crippen LogP contribution in [0.2, 0.25) is 5.02 Å². The number of phenols is 1. The van der Waals surface area contributed by atoms with Gasteiger partial charge in [0.2, 0.25) is 0 Å². The molecule has 0 saturated heterocycles. The molecule has 5 heteroatoms. The summed E-state index contributed by atoms with van der Waals surface area (Å²) in [4.78, 5) is 14.6. The summed E-state index contributed by atoms with van der Waals surface area (Å²) in [7, 11) is 0. The Morgan fingerprint density at radius 1 is 1.21 bits per heavy atom. The van der Waals surface area contributed by atoms with E-state index in [9.17, 15) is 9.90 Å². The number of aromatic hydroxyl groups is 1. The van der Waals surface area contributed by atoms with E-state index in [1.165, 1.54) is 12.1 Å². The highest BCUT2D eigenvalue weighted by atomic mass is 35.5. The number of phenolic OH excluding ortho intramolecular Hbond substituents is 1. The lowest BCUT2D eigenvalue weighted by molar-refractivity contribution is 0.102. The van der Waals surface area contributed by atoms with Gasteiger partial charge in [-0.2, -0.15) is 0 Å². The SMILES string of the molecule is CCN(Cc1ccc(C(=O)Nc2cc(Cl)ccc2O)cc1)C(C)C. The zero-order valence-electron chi connectivity index (χ0n) is 14.2. The summed E-state index contributed by atoms with van der Waals surface area (Å²) in [5.41, 5.74) is 1.99. The van der Waals surface area contributed by atoms with E-state index in [0.717, 1.165) is 18.7 Å². The molecule has 0 aliphatic heterocycles. The molecule has 0 spiro atoms. The smallest absolute Gasteiger partial charge is 0.255 e. The van der Waals surface area contributed by atoms with Gasteiger partial charge in [-0.3, -0.25) is 9.69 Å². The van der Waals surface area contributed by atoms with Crippen LogP contribution in [0.5, 0.6) is 5.75 Å². The molecular formula is C19H23ClN2O2. The third-order valence-electron chi connectivity index (χ3n) is 3.95. The molecule has 1 amide bonds. The van der Waals surface area contributed by atoms with Crippen molar-refractivity contribution in [1.29, 1.82) is 0 Å². The van der Waals surface area contributed by atoms with Gasteiger partial charge in [0.1, 0.15) is 5.75 Å². The number of hydrogen-bond acceptors (Lipinski definition) is 3. The van der Waals surface area contributed by atoms with Crippen LogP contribution >= 0.6 is 11.6 Å². The van der Waals surface area contributed by atoms with E-state index in [1.807, 2.05) is 12.1 Å². The minimum Gasteiger partial charge on any atom is -0.506 e. The third-order valence-corrected chi connectivity index (χ3v) is 4.18. The molecule has 0 heterocycles. The lowest BCUT2D eigenvalue weighted by Gasteiger charge is -2.24. The monoisotopic (exact) mass is 346 g/mol. The quantitative estimate of drug-likeness (QED) is 0.756. The topological polar surface area (TPSA) is 52.6 Å². The van der Waals surface area contributed by atoms with Crippen molar-refractivity contribution in [3.63, 3.8) is 0 Å². The third kappa shape index (κ3) is 4.73. The van der Waals surface area contributed by atoms with Gasteiger partial charge in [-0.15, -0.1) is 0 Å². The molecule has 0 atom stereocenters. The fourth-order valence-corrected chi connectivity index (χ4v) is 2.63. The van der Waals surface area contributed by atoms with Crippen molar-refractivity contribution in [3.05, 3.63) is 58.6 Å². The molecular weight excluding hydrogens is 324 g/mol. The lowest BCUT2D eigenvalue weighted by atomic mass is 10.1. The van der Waals surface area contributed by atoms with Crippen LogP contribution in [-0.2, 0) is 6.54 Å². The van der Waals surface area contributed by atoms with Gasteiger partial charge in [0, 0.05) is 23.2 Å². The predicted octanol–water partition coefficient (Wildman–Crippen LogP) is 4.53. The van der Waals surface area contributed by atoms with Crippen molar-refractivity contribution in [2.45, 2.75) is 33.4 Å². The average Bonchev–Trinajstić information content (AvgIpc) is 2.56. The molecule has 2 rings (SSSR count). The van der Waals surface area contributed by atoms with E-state index in [4.69, 9.17) is 11.6 Å². The Morgan fingerprint density at radius 2 is 1.88 bits per heavy atom. The standard InChI is InChI=1S/C19H23ClN2O2/c1-4-22(13(2)3)12-14-5-7-15(8-6-14)19(24)21-17-11-16(20)9-10-18(17)23/h5-11,13,23H,4,12H2,1-3H3,(H,21,24). The molecule has 4 nitrogen and oxygen atoms in total. The van der Waals surface area contributed by atoms with E-state index in [0.29, 0.717) is 22.3 Å². The first-order valence-corrected chi connectivity index (χ1v) is 8.41. The summed E-state index contributed by atoms with van der Waals surface area (Å²) in [6.07, 6.45) is 0. The molecule has 2 N–H and O–H groups in total. The van der Waals surface area contributed by atoms with Crippen molar-refractivity contribution in [2.24, 2.45) is 0 Å². The maximum atomic E-state index is 12.3. The van der Waals surface area contributed by atoms with Crippen LogP contribution in [0.1, 0.15) is 36.7 Å². The molecule has 0 radical (unpaired) electrons. The van der Waals surface area contributed by atoms with Crippen LogP contribution in [0.4, 0.5) is 5.69 Å². The molecule has 0 unspecified atom stereocenters. The number of nitrogens with zero attached hydrogens (tertiary/aromatic N) is 1.